The molecular formula is C23H25NO7S. The number of carbonyl (C=O) groups excluding carboxylic acids is 3. The van der Waals surface area contributed by atoms with Crippen molar-refractivity contribution in [2.45, 2.75) is 49.9 Å². The van der Waals surface area contributed by atoms with E-state index in [0.29, 0.717) is 0 Å². The van der Waals surface area contributed by atoms with Crippen LogP contribution in [0.5, 0.6) is 5.75 Å². The summed E-state index contributed by atoms with van der Waals surface area (Å²) in [5, 5.41) is 33.5. The van der Waals surface area contributed by atoms with Crippen LogP contribution in [0.2, 0.25) is 0 Å². The molecule has 1 fully saturated rings. The molecule has 2 aromatic rings. The molecule has 1 aliphatic rings. The minimum Gasteiger partial charge on any atom is -0.476 e. The van der Waals surface area contributed by atoms with E-state index in [1.54, 1.807) is 30.6 Å². The highest BCUT2D eigenvalue weighted by Crippen LogP contribution is 2.49. The second-order valence-corrected chi connectivity index (χ2v) is 9.10. The molecule has 32 heavy (non-hydrogen) atoms. The monoisotopic (exact) mass is 459 g/mol. The number of aryl methyl sites for hydroxylation is 1. The van der Waals surface area contributed by atoms with Crippen molar-refractivity contribution in [3.05, 3.63) is 48.3 Å². The van der Waals surface area contributed by atoms with Crippen molar-refractivity contribution in [1.82, 2.24) is 4.98 Å². The Morgan fingerprint density at radius 1 is 1.00 bits per heavy atom. The third kappa shape index (κ3) is 3.55. The number of carbonyl (C=O) groups is 3. The highest BCUT2D eigenvalue weighted by Gasteiger charge is 2.75. The molecule has 0 spiro atoms. The van der Waals surface area contributed by atoms with Crippen molar-refractivity contribution >= 4 is 29.1 Å². The molecule has 0 saturated carbocycles. The van der Waals surface area contributed by atoms with E-state index in [4.69, 9.17) is 4.74 Å². The van der Waals surface area contributed by atoms with E-state index in [9.17, 15) is 29.7 Å². The van der Waals surface area contributed by atoms with E-state index < -0.39 is 45.3 Å². The van der Waals surface area contributed by atoms with E-state index in [1.165, 1.54) is 0 Å². The molecule has 0 amide bonds. The van der Waals surface area contributed by atoms with E-state index in [1.807, 2.05) is 19.1 Å². The number of hydrogen-bond acceptors (Lipinski definition) is 9. The van der Waals surface area contributed by atoms with Crippen LogP contribution >= 0.6 is 11.8 Å². The lowest BCUT2D eigenvalue weighted by atomic mass is 9.65. The predicted molar refractivity (Wildman–Crippen MR) is 118 cm³/mol. The first kappa shape index (κ1) is 24.1. The van der Waals surface area contributed by atoms with E-state index >= 15 is 0 Å². The maximum atomic E-state index is 12.6. The van der Waals surface area contributed by atoms with Crippen molar-refractivity contribution in [2.24, 2.45) is 0 Å². The van der Waals surface area contributed by atoms with Crippen LogP contribution in [0.1, 0.15) is 26.3 Å². The van der Waals surface area contributed by atoms with E-state index in [-0.39, 0.29) is 5.75 Å². The molecule has 3 N–H and O–H groups in total. The van der Waals surface area contributed by atoms with Crippen LogP contribution in [0.4, 0.5) is 0 Å². The summed E-state index contributed by atoms with van der Waals surface area (Å²) in [5.41, 5.74) is -7.59. The second-order valence-electron chi connectivity index (χ2n) is 8.05. The fourth-order valence-corrected chi connectivity index (χ4v) is 5.51. The van der Waals surface area contributed by atoms with Crippen molar-refractivity contribution in [3.63, 3.8) is 0 Å². The molecule has 0 bridgehead atoms. The molecule has 1 aromatic heterocycles. The molecule has 8 nitrogen and oxygen atoms in total. The van der Waals surface area contributed by atoms with E-state index in [0.717, 1.165) is 49.2 Å². The molecule has 1 saturated heterocycles. The predicted octanol–water partition coefficient (Wildman–Crippen LogP) is 1.47. The van der Waals surface area contributed by atoms with Gasteiger partial charge in [-0.1, -0.05) is 12.1 Å². The van der Waals surface area contributed by atoms with Crippen molar-refractivity contribution < 1.29 is 34.4 Å². The van der Waals surface area contributed by atoms with Crippen LogP contribution in [0.25, 0.3) is 11.1 Å². The highest BCUT2D eigenvalue weighted by atomic mass is 32.2. The summed E-state index contributed by atoms with van der Waals surface area (Å²) in [6, 6.07) is 8.71. The number of nitrogens with zero attached hydrogens (tertiary/aromatic N) is 1. The maximum absolute atomic E-state index is 12.6. The van der Waals surface area contributed by atoms with Crippen LogP contribution in [0, 0.1) is 6.92 Å². The summed E-state index contributed by atoms with van der Waals surface area (Å²) in [4.78, 5) is 41.4. The highest BCUT2D eigenvalue weighted by molar-refractivity contribution is 8.00. The minimum atomic E-state index is -3.09. The molecule has 4 atom stereocenters. The van der Waals surface area contributed by atoms with Gasteiger partial charge in [0.05, 0.1) is 0 Å². The van der Waals surface area contributed by atoms with Crippen LogP contribution in [-0.2, 0) is 14.4 Å². The lowest BCUT2D eigenvalue weighted by molar-refractivity contribution is -0.235. The molecule has 1 aliphatic heterocycles. The zero-order chi connectivity index (χ0) is 23.9. The van der Waals surface area contributed by atoms with Crippen molar-refractivity contribution in [3.8, 4) is 16.9 Å². The first-order chi connectivity index (χ1) is 14.9. The Kier molecular flexibility index (Phi) is 6.32. The number of pyridine rings is 1. The van der Waals surface area contributed by atoms with Gasteiger partial charge in [0, 0.05) is 23.7 Å². The number of ketones is 3. The third-order valence-electron chi connectivity index (χ3n) is 5.85. The number of thioether (sulfide) groups is 1. The van der Waals surface area contributed by atoms with Crippen LogP contribution in [0.3, 0.4) is 0 Å². The summed E-state index contributed by atoms with van der Waals surface area (Å²) in [5.74, 6) is -3.30. The normalized spacial score (nSPS) is 29.9. The number of aromatic nitrogens is 1. The molecule has 2 heterocycles. The van der Waals surface area contributed by atoms with Crippen molar-refractivity contribution in [2.75, 3.05) is 5.75 Å². The summed E-state index contributed by atoms with van der Waals surface area (Å²) >= 11 is 0.764. The average molecular weight is 460 g/mol. The van der Waals surface area contributed by atoms with Gasteiger partial charge in [-0.25, -0.2) is 0 Å². The van der Waals surface area contributed by atoms with Gasteiger partial charge in [-0.15, -0.1) is 11.8 Å². The third-order valence-corrected chi connectivity index (χ3v) is 7.17. The Morgan fingerprint density at radius 2 is 1.69 bits per heavy atom. The van der Waals surface area contributed by atoms with Crippen LogP contribution in [0.15, 0.2) is 42.7 Å². The van der Waals surface area contributed by atoms with Crippen LogP contribution < -0.4 is 4.74 Å². The van der Waals surface area contributed by atoms with Gasteiger partial charge in [-0.05, 0) is 57.0 Å². The Hall–Kier alpha value is -2.59. The lowest BCUT2D eigenvalue weighted by Gasteiger charge is -2.54. The first-order valence-corrected chi connectivity index (χ1v) is 10.9. The second kappa shape index (κ2) is 8.40. The Bertz CT molecular complexity index is 1090. The summed E-state index contributed by atoms with van der Waals surface area (Å²) in [6.07, 6.45) is 3.39. The fraction of sp³-hybridized carbons (Fsp3) is 0.391. The summed E-state index contributed by atoms with van der Waals surface area (Å²) < 4.78 is 5.88. The smallest absolute Gasteiger partial charge is 0.208 e. The van der Waals surface area contributed by atoms with Gasteiger partial charge in [0.2, 0.25) is 5.60 Å². The summed E-state index contributed by atoms with van der Waals surface area (Å²) in [7, 11) is 0. The van der Waals surface area contributed by atoms with Crippen molar-refractivity contribution in [1.29, 1.82) is 0 Å². The van der Waals surface area contributed by atoms with Gasteiger partial charge < -0.3 is 20.1 Å². The quantitative estimate of drug-likeness (QED) is 0.587. The Labute approximate surface area is 189 Å². The Balaban J connectivity index is 2.05. The topological polar surface area (TPSA) is 134 Å². The number of benzene rings is 1. The SMILES string of the molecule is CC(=O)[C@]1(O)[C@@](O)(C(C)=O)CS[C@H](Oc2cccc(-c3cncc(C)c3)c2)[C@@]1(O)C(C)=O. The number of ether oxygens (including phenoxy) is 1. The molecule has 3 rings (SSSR count). The van der Waals surface area contributed by atoms with Gasteiger partial charge in [-0.2, -0.15) is 0 Å². The van der Waals surface area contributed by atoms with E-state index in [2.05, 4.69) is 4.98 Å². The number of rotatable bonds is 6. The zero-order valence-electron chi connectivity index (χ0n) is 18.2. The largest absolute Gasteiger partial charge is 0.476 e. The molecular weight excluding hydrogens is 434 g/mol. The van der Waals surface area contributed by atoms with Gasteiger partial charge in [-0.3, -0.25) is 19.4 Å². The van der Waals surface area contributed by atoms with Gasteiger partial charge in [0.25, 0.3) is 0 Å². The van der Waals surface area contributed by atoms with Gasteiger partial charge in [0.1, 0.15) is 5.75 Å². The summed E-state index contributed by atoms with van der Waals surface area (Å²) in [6.45, 7) is 4.75. The number of Topliss-reactive ketones (excluding diaryl/α,β-unsaturated/α-hetero) is 3. The zero-order valence-corrected chi connectivity index (χ0v) is 19.0. The molecule has 170 valence electrons. The lowest BCUT2D eigenvalue weighted by Crippen LogP contribution is -2.82. The van der Waals surface area contributed by atoms with Gasteiger partial charge >= 0.3 is 0 Å². The molecule has 1 aromatic carbocycles. The molecule has 0 unspecified atom stereocenters. The maximum Gasteiger partial charge on any atom is 0.208 e. The average Bonchev–Trinajstić information content (AvgIpc) is 2.74. The molecule has 0 radical (unpaired) electrons. The van der Waals surface area contributed by atoms with Crippen LogP contribution in [-0.4, -0.2) is 65.6 Å². The molecule has 0 aliphatic carbocycles. The Morgan fingerprint density at radius 3 is 2.25 bits per heavy atom. The number of aliphatic hydroxyl groups is 3. The first-order valence-electron chi connectivity index (χ1n) is 9.88. The fourth-order valence-electron chi connectivity index (χ4n) is 3.95. The molecule has 9 heteroatoms. The van der Waals surface area contributed by atoms with Gasteiger partial charge in [0.15, 0.2) is 34.0 Å². The standard InChI is InChI=1S/C23H25NO7S/c1-13-8-18(11-24-10-13)17-6-5-7-19(9-17)31-20-22(29,15(3)26)23(30,16(4)27)21(28,12-32-20)14(2)25/h5-11,20,28-30H,12H2,1-4H3/t20-,21-,22-,23-/m0/s1. The minimum absolute atomic E-state index is 0.250. The number of hydrogen-bond donors (Lipinski definition) is 3.